The summed E-state index contributed by atoms with van der Waals surface area (Å²) in [6, 6.07) is 0. The Hall–Kier alpha value is 0.337. The first-order chi connectivity index (χ1) is 9.60. The molecule has 1 heterocycles. The highest BCUT2D eigenvalue weighted by Gasteiger charge is 2.44. The van der Waals surface area contributed by atoms with Gasteiger partial charge in [0.2, 0.25) is 0 Å². The van der Waals surface area contributed by atoms with Crippen molar-refractivity contribution in [2.24, 2.45) is 0 Å². The molecular formula is C15H29IO4Si. The first kappa shape index (κ1) is 19.4. The highest BCUT2D eigenvalue weighted by Crippen LogP contribution is 2.40. The Bertz CT molecular complexity index is 354. The van der Waals surface area contributed by atoms with Gasteiger partial charge in [0, 0.05) is 10.8 Å². The van der Waals surface area contributed by atoms with Crippen molar-refractivity contribution >= 4 is 36.9 Å². The fourth-order valence-corrected chi connectivity index (χ4v) is 4.29. The summed E-state index contributed by atoms with van der Waals surface area (Å²) in [5, 5.41) is 0.183. The number of hydrogen-bond acceptors (Lipinski definition) is 4. The highest BCUT2D eigenvalue weighted by atomic mass is 127. The van der Waals surface area contributed by atoms with Gasteiger partial charge in [-0.2, -0.15) is 0 Å². The number of rotatable bonds is 6. The van der Waals surface area contributed by atoms with Gasteiger partial charge >= 0.3 is 5.97 Å². The number of esters is 1. The van der Waals surface area contributed by atoms with E-state index in [4.69, 9.17) is 13.9 Å². The fraction of sp³-hybridized carbons (Fsp3) is 0.933. The molecule has 1 aliphatic rings. The van der Waals surface area contributed by atoms with E-state index < -0.39 is 8.32 Å². The lowest BCUT2D eigenvalue weighted by Crippen LogP contribution is -2.46. The van der Waals surface area contributed by atoms with Crippen LogP contribution in [-0.2, 0) is 18.7 Å². The van der Waals surface area contributed by atoms with Crippen LogP contribution in [0.25, 0.3) is 0 Å². The number of carbonyl (C=O) groups is 1. The summed E-state index contributed by atoms with van der Waals surface area (Å²) in [4.78, 5) is 11.6. The molecule has 0 N–H and O–H groups in total. The smallest absolute Gasteiger partial charge is 0.308 e. The van der Waals surface area contributed by atoms with Gasteiger partial charge in [-0.15, -0.1) is 0 Å². The van der Waals surface area contributed by atoms with Crippen LogP contribution >= 0.6 is 22.6 Å². The van der Waals surface area contributed by atoms with E-state index in [2.05, 4.69) is 56.5 Å². The molecule has 0 saturated carbocycles. The molecule has 0 radical (unpaired) electrons. The van der Waals surface area contributed by atoms with E-state index in [9.17, 15) is 4.79 Å². The van der Waals surface area contributed by atoms with E-state index in [1.54, 1.807) is 0 Å². The highest BCUT2D eigenvalue weighted by molar-refractivity contribution is 14.1. The SMILES string of the molecule is CCOC(=O)C[C@H]1C[C@H](O[Si](C)(C)C(C)(C)C)[C@@H](CI)O1. The van der Waals surface area contributed by atoms with Gasteiger partial charge in [-0.3, -0.25) is 4.79 Å². The zero-order valence-electron chi connectivity index (χ0n) is 14.1. The first-order valence-electron chi connectivity index (χ1n) is 7.65. The van der Waals surface area contributed by atoms with E-state index in [1.165, 1.54) is 0 Å². The van der Waals surface area contributed by atoms with Crippen molar-refractivity contribution in [1.29, 1.82) is 0 Å². The lowest BCUT2D eigenvalue weighted by atomic mass is 10.1. The van der Waals surface area contributed by atoms with Crippen molar-refractivity contribution in [2.75, 3.05) is 11.0 Å². The molecule has 0 aromatic heterocycles. The van der Waals surface area contributed by atoms with Gasteiger partial charge in [-0.25, -0.2) is 0 Å². The van der Waals surface area contributed by atoms with Crippen molar-refractivity contribution in [2.45, 2.75) is 77.0 Å². The Kier molecular flexibility index (Phi) is 7.15. The van der Waals surface area contributed by atoms with Crippen LogP contribution in [0, 0.1) is 0 Å². The molecule has 0 aromatic rings. The molecule has 1 saturated heterocycles. The molecule has 0 unspecified atom stereocenters. The summed E-state index contributed by atoms with van der Waals surface area (Å²) in [5.41, 5.74) is 0. The van der Waals surface area contributed by atoms with Crippen molar-refractivity contribution in [3.8, 4) is 0 Å². The third-order valence-electron chi connectivity index (χ3n) is 4.38. The molecule has 0 spiro atoms. The zero-order valence-corrected chi connectivity index (χ0v) is 17.2. The molecule has 1 fully saturated rings. The monoisotopic (exact) mass is 428 g/mol. The van der Waals surface area contributed by atoms with E-state index in [1.807, 2.05) is 6.92 Å². The molecule has 6 heteroatoms. The zero-order chi connectivity index (χ0) is 16.3. The van der Waals surface area contributed by atoms with Gasteiger partial charge in [0.15, 0.2) is 8.32 Å². The van der Waals surface area contributed by atoms with E-state index in [-0.39, 0.29) is 29.3 Å². The largest absolute Gasteiger partial charge is 0.466 e. The lowest BCUT2D eigenvalue weighted by Gasteiger charge is -2.39. The lowest BCUT2D eigenvalue weighted by molar-refractivity contribution is -0.145. The maximum atomic E-state index is 11.6. The summed E-state index contributed by atoms with van der Waals surface area (Å²) in [7, 11) is -1.81. The predicted molar refractivity (Wildman–Crippen MR) is 95.5 cm³/mol. The molecule has 1 aliphatic heterocycles. The summed E-state index contributed by atoms with van der Waals surface area (Å²) in [6.07, 6.45) is 1.23. The summed E-state index contributed by atoms with van der Waals surface area (Å²) < 4.78 is 18.4. The van der Waals surface area contributed by atoms with Crippen LogP contribution in [0.3, 0.4) is 0 Å². The molecule has 3 atom stereocenters. The molecule has 21 heavy (non-hydrogen) atoms. The number of halogens is 1. The van der Waals surface area contributed by atoms with Gasteiger partial charge in [0.25, 0.3) is 0 Å². The van der Waals surface area contributed by atoms with Crippen molar-refractivity contribution in [3.05, 3.63) is 0 Å². The second-order valence-electron chi connectivity index (χ2n) is 7.11. The topological polar surface area (TPSA) is 44.8 Å². The predicted octanol–water partition coefficient (Wildman–Crippen LogP) is 3.92. The van der Waals surface area contributed by atoms with E-state index in [0.717, 1.165) is 10.8 Å². The van der Waals surface area contributed by atoms with Crippen LogP contribution < -0.4 is 0 Å². The standard InChI is InChI=1S/C15H29IO4Si/c1-7-18-14(17)9-11-8-12(13(10-16)19-11)20-21(5,6)15(2,3)4/h11-13H,7-10H2,1-6H3/t11-,12+,13-/m1/s1. The molecule has 0 aromatic carbocycles. The Morgan fingerprint density at radius 3 is 2.48 bits per heavy atom. The Morgan fingerprint density at radius 1 is 1.38 bits per heavy atom. The Labute approximate surface area is 143 Å². The average molecular weight is 428 g/mol. The van der Waals surface area contributed by atoms with E-state index in [0.29, 0.717) is 13.0 Å². The Morgan fingerprint density at radius 2 is 2.00 bits per heavy atom. The third kappa shape index (κ3) is 5.48. The maximum absolute atomic E-state index is 11.6. The Balaban J connectivity index is 2.64. The molecule has 124 valence electrons. The molecular weight excluding hydrogens is 399 g/mol. The maximum Gasteiger partial charge on any atom is 0.308 e. The van der Waals surface area contributed by atoms with Crippen LogP contribution in [0.15, 0.2) is 0 Å². The van der Waals surface area contributed by atoms with Crippen LogP contribution in [0.2, 0.25) is 18.1 Å². The van der Waals surface area contributed by atoms with Gasteiger partial charge in [-0.1, -0.05) is 43.4 Å². The van der Waals surface area contributed by atoms with Crippen molar-refractivity contribution in [3.63, 3.8) is 0 Å². The molecule has 1 rings (SSSR count). The number of ether oxygens (including phenoxy) is 2. The van der Waals surface area contributed by atoms with Gasteiger partial charge in [0.05, 0.1) is 31.3 Å². The number of alkyl halides is 1. The van der Waals surface area contributed by atoms with Crippen LogP contribution in [-0.4, -0.2) is 43.6 Å². The second-order valence-corrected chi connectivity index (χ2v) is 12.7. The van der Waals surface area contributed by atoms with Gasteiger partial charge in [0.1, 0.15) is 0 Å². The summed E-state index contributed by atoms with van der Waals surface area (Å²) in [6.45, 7) is 13.5. The molecule has 0 aliphatic carbocycles. The molecule has 4 nitrogen and oxygen atoms in total. The third-order valence-corrected chi connectivity index (χ3v) is 9.75. The van der Waals surface area contributed by atoms with Gasteiger partial charge in [-0.05, 0) is 25.1 Å². The van der Waals surface area contributed by atoms with Crippen molar-refractivity contribution in [1.82, 2.24) is 0 Å². The first-order valence-corrected chi connectivity index (χ1v) is 12.1. The van der Waals surface area contributed by atoms with Crippen LogP contribution in [0.5, 0.6) is 0 Å². The quantitative estimate of drug-likeness (QED) is 0.279. The number of hydrogen-bond donors (Lipinski definition) is 0. The van der Waals surface area contributed by atoms with Crippen molar-refractivity contribution < 1.29 is 18.7 Å². The van der Waals surface area contributed by atoms with E-state index >= 15 is 0 Å². The minimum Gasteiger partial charge on any atom is -0.466 e. The second kappa shape index (κ2) is 7.74. The minimum atomic E-state index is -1.81. The van der Waals surface area contributed by atoms with Crippen LogP contribution in [0.4, 0.5) is 0 Å². The molecule has 0 bridgehead atoms. The molecule has 0 amide bonds. The summed E-state index contributed by atoms with van der Waals surface area (Å²) >= 11 is 2.33. The number of carbonyl (C=O) groups excluding carboxylic acids is 1. The minimum absolute atomic E-state index is 0.0708. The van der Waals surface area contributed by atoms with Crippen LogP contribution in [0.1, 0.15) is 40.5 Å². The normalized spacial score (nSPS) is 26.9. The van der Waals surface area contributed by atoms with Gasteiger partial charge < -0.3 is 13.9 Å². The summed E-state index contributed by atoms with van der Waals surface area (Å²) in [5.74, 6) is -0.178. The average Bonchev–Trinajstić information content (AvgIpc) is 2.69. The fourth-order valence-electron chi connectivity index (χ4n) is 2.15.